The Hall–Kier alpha value is -3.78. The number of nitrogens with one attached hydrogen (secondary N) is 1. The summed E-state index contributed by atoms with van der Waals surface area (Å²) in [5.74, 6) is -1.59. The number of hydrogen-bond donors (Lipinski definition) is 1. The van der Waals surface area contributed by atoms with Crippen LogP contribution < -0.4 is 10.2 Å². The number of carbonyl (C=O) groups is 3. The number of halogens is 2. The molecule has 0 saturated carbocycles. The fourth-order valence-corrected chi connectivity index (χ4v) is 4.35. The van der Waals surface area contributed by atoms with Crippen LogP contribution in [0.25, 0.3) is 6.08 Å². The van der Waals surface area contributed by atoms with Crippen molar-refractivity contribution in [2.24, 2.45) is 0 Å². The van der Waals surface area contributed by atoms with E-state index >= 15 is 0 Å². The predicted octanol–water partition coefficient (Wildman–Crippen LogP) is 5.16. The van der Waals surface area contributed by atoms with Crippen LogP contribution in [0.2, 0.25) is 0 Å². The van der Waals surface area contributed by atoms with Crippen molar-refractivity contribution in [2.45, 2.75) is 6.92 Å². The van der Waals surface area contributed by atoms with E-state index in [4.69, 9.17) is 0 Å². The Morgan fingerprint density at radius 1 is 0.917 bits per heavy atom. The van der Waals surface area contributed by atoms with Crippen LogP contribution >= 0.6 is 15.9 Å². The second kappa shape index (κ2) is 11.3. The Bertz CT molecular complexity index is 1300. The fraction of sp³-hybridized carbons (Fsp3) is 0.179. The van der Waals surface area contributed by atoms with Gasteiger partial charge in [0.25, 0.3) is 11.8 Å². The first-order chi connectivity index (χ1) is 17.3. The number of para-hydroxylation sites is 1. The predicted molar refractivity (Wildman–Crippen MR) is 142 cm³/mol. The molecule has 184 valence electrons. The first-order valence-electron chi connectivity index (χ1n) is 11.5. The molecule has 1 aliphatic rings. The minimum Gasteiger partial charge on any atom is -0.368 e. The molecule has 0 atom stereocenters. The maximum atomic E-state index is 14.5. The van der Waals surface area contributed by atoms with E-state index < -0.39 is 17.6 Å². The molecular weight excluding hydrogens is 525 g/mol. The molecule has 2 amide bonds. The van der Waals surface area contributed by atoms with Gasteiger partial charge < -0.3 is 15.1 Å². The Labute approximate surface area is 217 Å². The fourth-order valence-electron chi connectivity index (χ4n) is 3.97. The Morgan fingerprint density at radius 2 is 1.58 bits per heavy atom. The third kappa shape index (κ3) is 6.07. The van der Waals surface area contributed by atoms with E-state index in [9.17, 15) is 18.8 Å². The molecule has 3 aromatic carbocycles. The molecule has 4 rings (SSSR count). The summed E-state index contributed by atoms with van der Waals surface area (Å²) in [5, 5.41) is 2.74. The smallest absolute Gasteiger partial charge is 0.261 e. The van der Waals surface area contributed by atoms with Gasteiger partial charge in [0.1, 0.15) is 11.4 Å². The first-order valence-corrected chi connectivity index (χ1v) is 12.3. The zero-order valence-electron chi connectivity index (χ0n) is 19.7. The topological polar surface area (TPSA) is 69.7 Å². The van der Waals surface area contributed by atoms with Gasteiger partial charge in [-0.15, -0.1) is 0 Å². The molecule has 1 saturated heterocycles. The van der Waals surface area contributed by atoms with Crippen LogP contribution in [0, 0.1) is 5.82 Å². The number of hydrogen-bond acceptors (Lipinski definition) is 4. The number of anilines is 2. The van der Waals surface area contributed by atoms with Crippen molar-refractivity contribution in [3.05, 3.63) is 99.8 Å². The first kappa shape index (κ1) is 25.3. The largest absolute Gasteiger partial charge is 0.368 e. The van der Waals surface area contributed by atoms with Gasteiger partial charge in [0.15, 0.2) is 5.78 Å². The van der Waals surface area contributed by atoms with Crippen molar-refractivity contribution >= 4 is 51.0 Å². The van der Waals surface area contributed by atoms with Crippen LogP contribution in [0.1, 0.15) is 22.8 Å². The molecule has 1 aliphatic heterocycles. The van der Waals surface area contributed by atoms with E-state index in [0.29, 0.717) is 41.9 Å². The summed E-state index contributed by atoms with van der Waals surface area (Å²) in [6.07, 6.45) is 1.30. The van der Waals surface area contributed by atoms with Gasteiger partial charge in [-0.3, -0.25) is 14.4 Å². The molecule has 8 heteroatoms. The monoisotopic (exact) mass is 549 g/mol. The number of rotatable bonds is 6. The molecule has 0 aromatic heterocycles. The van der Waals surface area contributed by atoms with Gasteiger partial charge in [-0.2, -0.15) is 0 Å². The van der Waals surface area contributed by atoms with E-state index in [1.54, 1.807) is 47.4 Å². The zero-order valence-corrected chi connectivity index (χ0v) is 21.3. The highest BCUT2D eigenvalue weighted by Crippen LogP contribution is 2.22. The van der Waals surface area contributed by atoms with Gasteiger partial charge in [0, 0.05) is 53.2 Å². The lowest BCUT2D eigenvalue weighted by Gasteiger charge is -2.36. The quantitative estimate of drug-likeness (QED) is 0.199. The summed E-state index contributed by atoms with van der Waals surface area (Å²) in [4.78, 5) is 41.9. The van der Waals surface area contributed by atoms with Crippen molar-refractivity contribution in [2.75, 3.05) is 36.4 Å². The van der Waals surface area contributed by atoms with Crippen molar-refractivity contribution in [3.63, 3.8) is 0 Å². The van der Waals surface area contributed by atoms with E-state index in [1.807, 2.05) is 18.2 Å². The highest BCUT2D eigenvalue weighted by Gasteiger charge is 2.28. The van der Waals surface area contributed by atoms with Crippen LogP contribution in [0.5, 0.6) is 0 Å². The minimum absolute atomic E-state index is 0.00643. The summed E-state index contributed by atoms with van der Waals surface area (Å²) < 4.78 is 15.1. The van der Waals surface area contributed by atoms with Gasteiger partial charge in [-0.1, -0.05) is 34.1 Å². The molecular formula is C28H25BrFN3O3. The number of amides is 2. The van der Waals surface area contributed by atoms with Crippen LogP contribution in [-0.4, -0.2) is 48.7 Å². The van der Waals surface area contributed by atoms with Crippen LogP contribution in [0.3, 0.4) is 0 Å². The Morgan fingerprint density at radius 3 is 2.22 bits per heavy atom. The van der Waals surface area contributed by atoms with Crippen molar-refractivity contribution < 1.29 is 18.8 Å². The lowest BCUT2D eigenvalue weighted by atomic mass is 10.1. The molecule has 36 heavy (non-hydrogen) atoms. The molecule has 1 N–H and O–H groups in total. The van der Waals surface area contributed by atoms with Crippen LogP contribution in [0.4, 0.5) is 15.8 Å². The Kier molecular flexibility index (Phi) is 7.95. The van der Waals surface area contributed by atoms with Crippen LogP contribution in [-0.2, 0) is 9.59 Å². The summed E-state index contributed by atoms with van der Waals surface area (Å²) in [7, 11) is 0. The zero-order chi connectivity index (χ0) is 25.7. The summed E-state index contributed by atoms with van der Waals surface area (Å²) in [6.45, 7) is 3.43. The SMILES string of the molecule is CC(=O)c1ccc(N2CCN(C(=O)C(=Cc3cc(Br)ccc3F)C(=O)Nc3ccccc3)CC2)cc1. The van der Waals surface area contributed by atoms with Gasteiger partial charge in [-0.05, 0) is 67.6 Å². The molecule has 0 aliphatic carbocycles. The Balaban J connectivity index is 1.54. The number of Topliss-reactive ketones (excluding diaryl/α,β-unsaturated/α-hetero) is 1. The van der Waals surface area contributed by atoms with Gasteiger partial charge in [0.2, 0.25) is 0 Å². The average Bonchev–Trinajstić information content (AvgIpc) is 2.89. The summed E-state index contributed by atoms with van der Waals surface area (Å²) >= 11 is 3.32. The average molecular weight is 550 g/mol. The van der Waals surface area contributed by atoms with E-state index in [-0.39, 0.29) is 16.9 Å². The highest BCUT2D eigenvalue weighted by atomic mass is 79.9. The molecule has 0 spiro atoms. The normalized spacial score (nSPS) is 13.9. The highest BCUT2D eigenvalue weighted by molar-refractivity contribution is 9.10. The number of nitrogens with zero attached hydrogens (tertiary/aromatic N) is 2. The molecule has 3 aromatic rings. The molecule has 0 unspecified atom stereocenters. The van der Waals surface area contributed by atoms with Crippen LogP contribution in [0.15, 0.2) is 82.8 Å². The molecule has 6 nitrogen and oxygen atoms in total. The van der Waals surface area contributed by atoms with Gasteiger partial charge in [-0.25, -0.2) is 4.39 Å². The van der Waals surface area contributed by atoms with Crippen molar-refractivity contribution in [1.82, 2.24) is 4.90 Å². The minimum atomic E-state index is -0.604. The van der Waals surface area contributed by atoms with Crippen molar-refractivity contribution in [1.29, 1.82) is 0 Å². The number of ketones is 1. The summed E-state index contributed by atoms with van der Waals surface area (Å²) in [6, 6.07) is 20.5. The lowest BCUT2D eigenvalue weighted by molar-refractivity contribution is -0.129. The second-order valence-corrected chi connectivity index (χ2v) is 9.34. The number of piperazine rings is 1. The third-order valence-electron chi connectivity index (χ3n) is 5.97. The number of benzene rings is 3. The van der Waals surface area contributed by atoms with E-state index in [2.05, 4.69) is 26.1 Å². The summed E-state index contributed by atoms with van der Waals surface area (Å²) in [5.41, 5.74) is 2.14. The lowest BCUT2D eigenvalue weighted by Crippen LogP contribution is -2.50. The van der Waals surface area contributed by atoms with E-state index in [1.165, 1.54) is 25.1 Å². The molecule has 1 fully saturated rings. The number of carbonyl (C=O) groups excluding carboxylic acids is 3. The molecule has 0 bridgehead atoms. The maximum Gasteiger partial charge on any atom is 0.261 e. The van der Waals surface area contributed by atoms with Gasteiger partial charge in [0.05, 0.1) is 0 Å². The van der Waals surface area contributed by atoms with Gasteiger partial charge >= 0.3 is 0 Å². The maximum absolute atomic E-state index is 14.5. The molecule has 1 heterocycles. The van der Waals surface area contributed by atoms with Crippen molar-refractivity contribution in [3.8, 4) is 0 Å². The second-order valence-electron chi connectivity index (χ2n) is 8.43. The molecule has 0 radical (unpaired) electrons. The third-order valence-corrected chi connectivity index (χ3v) is 6.46. The standard InChI is InChI=1S/C28H25BrFN3O3/c1-19(34)20-7-10-24(11-8-20)32-13-15-33(16-14-32)28(36)25(18-21-17-22(29)9-12-26(21)30)27(35)31-23-5-3-2-4-6-23/h2-12,17-18H,13-16H2,1H3,(H,31,35). The van der Waals surface area contributed by atoms with E-state index in [0.717, 1.165) is 5.69 Å².